The molecule has 0 saturated heterocycles. The van der Waals surface area contributed by atoms with Gasteiger partial charge in [0.15, 0.2) is 0 Å². The van der Waals surface area contributed by atoms with E-state index in [9.17, 15) is 4.79 Å². The smallest absolute Gasteiger partial charge is 0.345 e. The van der Waals surface area contributed by atoms with E-state index < -0.39 is 0 Å². The molecule has 0 unspecified atom stereocenters. The Kier molecular flexibility index (Phi) is 4.61. The zero-order chi connectivity index (χ0) is 17.2. The molecule has 2 heterocycles. The predicted octanol–water partition coefficient (Wildman–Crippen LogP) is 1.91. The van der Waals surface area contributed by atoms with Crippen molar-refractivity contribution in [2.75, 3.05) is 19.7 Å². The Morgan fingerprint density at radius 1 is 1.20 bits per heavy atom. The fourth-order valence-electron chi connectivity index (χ4n) is 3.50. The van der Waals surface area contributed by atoms with E-state index in [-0.39, 0.29) is 5.69 Å². The molecule has 4 rings (SSSR count). The van der Waals surface area contributed by atoms with Crippen LogP contribution < -0.4 is 10.4 Å². The molecule has 6 heteroatoms. The molecule has 134 valence electrons. The van der Waals surface area contributed by atoms with Gasteiger partial charge in [-0.2, -0.15) is 5.10 Å². The second-order valence-corrected chi connectivity index (χ2v) is 7.04. The summed E-state index contributed by atoms with van der Waals surface area (Å²) in [5, 5.41) is 4.59. The third kappa shape index (κ3) is 3.63. The fraction of sp³-hybridized carbons (Fsp3) is 0.579. The van der Waals surface area contributed by atoms with E-state index in [1.165, 1.54) is 18.4 Å². The molecule has 1 aliphatic heterocycles. The number of para-hydroxylation sites is 1. The number of aromatic nitrogens is 3. The molecule has 2 aromatic rings. The molecule has 1 aliphatic carbocycles. The summed E-state index contributed by atoms with van der Waals surface area (Å²) in [5.74, 6) is 2.56. The topological polar surface area (TPSA) is 52.3 Å². The molecule has 6 nitrogen and oxygen atoms in total. The molecule has 0 amide bonds. The summed E-state index contributed by atoms with van der Waals surface area (Å²) in [7, 11) is 0. The van der Waals surface area contributed by atoms with Crippen LogP contribution in [0.3, 0.4) is 0 Å². The summed E-state index contributed by atoms with van der Waals surface area (Å²) in [4.78, 5) is 14.9. The second-order valence-electron chi connectivity index (χ2n) is 7.04. The van der Waals surface area contributed by atoms with Gasteiger partial charge in [-0.25, -0.2) is 9.48 Å². The number of benzene rings is 1. The Morgan fingerprint density at radius 3 is 2.84 bits per heavy atom. The third-order valence-electron chi connectivity index (χ3n) is 5.09. The lowest BCUT2D eigenvalue weighted by Gasteiger charge is -2.21. The Hall–Kier alpha value is -2.08. The molecule has 0 atom stereocenters. The number of nitrogens with zero attached hydrogens (tertiary/aromatic N) is 4. The molecule has 1 aromatic heterocycles. The van der Waals surface area contributed by atoms with Crippen molar-refractivity contribution in [3.63, 3.8) is 0 Å². The van der Waals surface area contributed by atoms with Crippen LogP contribution in [-0.4, -0.2) is 38.9 Å². The van der Waals surface area contributed by atoms with Crippen LogP contribution in [0.1, 0.15) is 31.2 Å². The van der Waals surface area contributed by atoms with Crippen LogP contribution in [0.15, 0.2) is 29.1 Å². The van der Waals surface area contributed by atoms with Gasteiger partial charge in [-0.3, -0.25) is 9.47 Å². The fourth-order valence-corrected chi connectivity index (χ4v) is 3.50. The average molecular weight is 342 g/mol. The quantitative estimate of drug-likeness (QED) is 0.805. The standard InChI is InChI=1S/C19H26N4O2/c1-2-25-17-6-4-3-5-16(17)14-21-10-9-18-20-23(13-15-7-8-15)19(24)22(18)12-11-21/h3-6,15H,2,7-14H2,1H3. The average Bonchev–Trinajstić information content (AvgIpc) is 3.40. The molecular formula is C19H26N4O2. The van der Waals surface area contributed by atoms with E-state index in [2.05, 4.69) is 22.1 Å². The van der Waals surface area contributed by atoms with Crippen LogP contribution in [0, 0.1) is 5.92 Å². The molecule has 0 bridgehead atoms. The Labute approximate surface area is 148 Å². The summed E-state index contributed by atoms with van der Waals surface area (Å²) in [5.41, 5.74) is 1.27. The Balaban J connectivity index is 1.44. The molecule has 1 saturated carbocycles. The first-order valence-corrected chi connectivity index (χ1v) is 9.34. The van der Waals surface area contributed by atoms with Crippen LogP contribution in [0.25, 0.3) is 0 Å². The highest BCUT2D eigenvalue weighted by Gasteiger charge is 2.26. The number of ether oxygens (including phenoxy) is 1. The summed E-state index contributed by atoms with van der Waals surface area (Å²) in [6.45, 7) is 6.82. The Bertz CT molecular complexity index is 791. The highest BCUT2D eigenvalue weighted by atomic mass is 16.5. The predicted molar refractivity (Wildman–Crippen MR) is 95.8 cm³/mol. The van der Waals surface area contributed by atoms with Crippen LogP contribution >= 0.6 is 0 Å². The first-order chi connectivity index (χ1) is 12.2. The SMILES string of the molecule is CCOc1ccccc1CN1CCc2nn(CC3CC3)c(=O)n2CC1. The lowest BCUT2D eigenvalue weighted by atomic mass is 10.2. The van der Waals surface area contributed by atoms with Crippen LogP contribution in [0.2, 0.25) is 0 Å². The van der Waals surface area contributed by atoms with Gasteiger partial charge in [0.2, 0.25) is 0 Å². The van der Waals surface area contributed by atoms with Crippen molar-refractivity contribution < 1.29 is 4.74 Å². The van der Waals surface area contributed by atoms with Crippen LogP contribution in [0.5, 0.6) is 5.75 Å². The Morgan fingerprint density at radius 2 is 2.04 bits per heavy atom. The summed E-state index contributed by atoms with van der Waals surface area (Å²) >= 11 is 0. The van der Waals surface area contributed by atoms with Gasteiger partial charge in [0.05, 0.1) is 6.61 Å². The summed E-state index contributed by atoms with van der Waals surface area (Å²) < 4.78 is 9.30. The zero-order valence-electron chi connectivity index (χ0n) is 14.9. The molecule has 25 heavy (non-hydrogen) atoms. The van der Waals surface area contributed by atoms with E-state index in [1.807, 2.05) is 23.6 Å². The van der Waals surface area contributed by atoms with Gasteiger partial charge in [-0.15, -0.1) is 0 Å². The molecule has 0 radical (unpaired) electrons. The minimum atomic E-state index is 0.0680. The van der Waals surface area contributed by atoms with E-state index in [4.69, 9.17) is 4.74 Å². The van der Waals surface area contributed by atoms with Crippen molar-refractivity contribution >= 4 is 0 Å². The van der Waals surface area contributed by atoms with Gasteiger partial charge in [0.25, 0.3) is 0 Å². The van der Waals surface area contributed by atoms with Gasteiger partial charge in [0, 0.05) is 44.7 Å². The normalized spacial score (nSPS) is 18.0. The third-order valence-corrected chi connectivity index (χ3v) is 5.09. The maximum atomic E-state index is 12.6. The lowest BCUT2D eigenvalue weighted by Crippen LogP contribution is -2.30. The largest absolute Gasteiger partial charge is 0.494 e. The number of fused-ring (bicyclic) bond motifs is 1. The van der Waals surface area contributed by atoms with Gasteiger partial charge in [-0.1, -0.05) is 18.2 Å². The van der Waals surface area contributed by atoms with Crippen LogP contribution in [0.4, 0.5) is 0 Å². The second kappa shape index (κ2) is 7.04. The number of rotatable bonds is 6. The first-order valence-electron chi connectivity index (χ1n) is 9.34. The van der Waals surface area contributed by atoms with Crippen LogP contribution in [-0.2, 0) is 26.1 Å². The monoisotopic (exact) mass is 342 g/mol. The minimum Gasteiger partial charge on any atom is -0.494 e. The van der Waals surface area contributed by atoms with Crippen molar-refractivity contribution in [1.29, 1.82) is 0 Å². The van der Waals surface area contributed by atoms with E-state index in [0.717, 1.165) is 50.7 Å². The van der Waals surface area contributed by atoms with E-state index in [1.54, 1.807) is 4.68 Å². The van der Waals surface area contributed by atoms with E-state index in [0.29, 0.717) is 12.5 Å². The molecule has 2 aliphatic rings. The first kappa shape index (κ1) is 16.4. The van der Waals surface area contributed by atoms with Gasteiger partial charge < -0.3 is 4.74 Å². The van der Waals surface area contributed by atoms with Gasteiger partial charge in [-0.05, 0) is 31.7 Å². The highest BCUT2D eigenvalue weighted by molar-refractivity contribution is 5.33. The van der Waals surface area contributed by atoms with Crippen molar-refractivity contribution in [2.45, 2.75) is 45.8 Å². The number of hydrogen-bond acceptors (Lipinski definition) is 4. The highest BCUT2D eigenvalue weighted by Crippen LogP contribution is 2.30. The van der Waals surface area contributed by atoms with Crippen molar-refractivity contribution in [3.8, 4) is 5.75 Å². The minimum absolute atomic E-state index is 0.0680. The molecule has 0 N–H and O–H groups in total. The molecule has 1 aromatic carbocycles. The molecule has 0 spiro atoms. The zero-order valence-corrected chi connectivity index (χ0v) is 14.9. The van der Waals surface area contributed by atoms with E-state index >= 15 is 0 Å². The summed E-state index contributed by atoms with van der Waals surface area (Å²) in [6.07, 6.45) is 3.30. The lowest BCUT2D eigenvalue weighted by molar-refractivity contribution is 0.260. The van der Waals surface area contributed by atoms with Gasteiger partial charge >= 0.3 is 5.69 Å². The van der Waals surface area contributed by atoms with Gasteiger partial charge in [0.1, 0.15) is 11.6 Å². The molecular weight excluding hydrogens is 316 g/mol. The number of hydrogen-bond donors (Lipinski definition) is 0. The molecule has 1 fully saturated rings. The summed E-state index contributed by atoms with van der Waals surface area (Å²) in [6, 6.07) is 8.21. The van der Waals surface area contributed by atoms with Crippen molar-refractivity contribution in [1.82, 2.24) is 19.2 Å². The van der Waals surface area contributed by atoms with Crippen molar-refractivity contribution in [2.24, 2.45) is 5.92 Å². The van der Waals surface area contributed by atoms with Crippen molar-refractivity contribution in [3.05, 3.63) is 46.1 Å². The maximum Gasteiger partial charge on any atom is 0.345 e. The maximum absolute atomic E-state index is 12.6.